The van der Waals surface area contributed by atoms with Gasteiger partial charge in [0.25, 0.3) is 5.91 Å². The van der Waals surface area contributed by atoms with E-state index in [2.05, 4.69) is 10.5 Å². The maximum atomic E-state index is 12.2. The summed E-state index contributed by atoms with van der Waals surface area (Å²) in [4.78, 5) is 12.2. The number of aromatic nitrogens is 1. The summed E-state index contributed by atoms with van der Waals surface area (Å²) >= 11 is 0. The average Bonchev–Trinajstić information content (AvgIpc) is 2.95. The molecule has 108 valence electrons. The minimum Gasteiger partial charge on any atom is -0.460 e. The molecular formula is C13H17N3O4. The van der Waals surface area contributed by atoms with E-state index >= 15 is 0 Å². The van der Waals surface area contributed by atoms with Gasteiger partial charge in [0, 0.05) is 13.2 Å². The summed E-state index contributed by atoms with van der Waals surface area (Å²) in [5, 5.41) is 6.54. The van der Waals surface area contributed by atoms with Gasteiger partial charge in [0.05, 0.1) is 6.61 Å². The van der Waals surface area contributed by atoms with Crippen molar-refractivity contribution in [2.24, 2.45) is 0 Å². The molecule has 0 bridgehead atoms. The molecule has 7 nitrogen and oxygen atoms in total. The molecule has 2 aromatic rings. The number of nitrogens with two attached hydrogens (primary N) is 1. The Morgan fingerprint density at radius 3 is 2.90 bits per heavy atom. The minimum atomic E-state index is -0.377. The summed E-state index contributed by atoms with van der Waals surface area (Å²) in [5.74, 6) is 0.724. The predicted molar refractivity (Wildman–Crippen MR) is 72.2 cm³/mol. The molecule has 0 saturated carbocycles. The molecule has 2 heterocycles. The van der Waals surface area contributed by atoms with Crippen LogP contribution in [0, 0.1) is 6.92 Å². The Labute approximate surface area is 116 Å². The lowest BCUT2D eigenvalue weighted by molar-refractivity contribution is 0.0906. The summed E-state index contributed by atoms with van der Waals surface area (Å²) in [6.07, 6.45) is 0. The van der Waals surface area contributed by atoms with Crippen molar-refractivity contribution < 1.29 is 18.5 Å². The molecule has 0 aliphatic carbocycles. The van der Waals surface area contributed by atoms with Gasteiger partial charge in [-0.1, -0.05) is 5.16 Å². The van der Waals surface area contributed by atoms with Crippen LogP contribution < -0.4 is 11.1 Å². The Morgan fingerprint density at radius 1 is 1.55 bits per heavy atom. The van der Waals surface area contributed by atoms with Gasteiger partial charge >= 0.3 is 0 Å². The third-order valence-electron chi connectivity index (χ3n) is 2.71. The second kappa shape index (κ2) is 5.79. The maximum Gasteiger partial charge on any atom is 0.259 e. The number of nitrogen functional groups attached to an aromatic ring is 1. The molecule has 7 heteroatoms. The number of furan rings is 1. The van der Waals surface area contributed by atoms with E-state index in [9.17, 15) is 4.79 Å². The molecular weight excluding hydrogens is 262 g/mol. The number of nitrogens with one attached hydrogen (secondary N) is 1. The number of nitrogens with zero attached hydrogens (tertiary/aromatic N) is 1. The number of aryl methyl sites for hydroxylation is 1. The predicted octanol–water partition coefficient (Wildman–Crippen LogP) is 1.59. The normalized spacial score (nSPS) is 12.3. The van der Waals surface area contributed by atoms with Crippen LogP contribution in [0.1, 0.15) is 23.0 Å². The zero-order valence-corrected chi connectivity index (χ0v) is 11.6. The molecule has 0 aliphatic rings. The molecule has 2 rings (SSSR count). The third kappa shape index (κ3) is 2.83. The number of hydrogen-bond acceptors (Lipinski definition) is 6. The third-order valence-corrected chi connectivity index (χ3v) is 2.71. The Hall–Kier alpha value is -2.28. The molecule has 1 unspecified atom stereocenters. The van der Waals surface area contributed by atoms with Crippen LogP contribution in [-0.4, -0.2) is 30.8 Å². The maximum absolute atomic E-state index is 12.2. The monoisotopic (exact) mass is 279 g/mol. The van der Waals surface area contributed by atoms with Crippen LogP contribution in [0.2, 0.25) is 0 Å². The van der Waals surface area contributed by atoms with E-state index in [-0.39, 0.29) is 29.1 Å². The Morgan fingerprint density at radius 2 is 2.30 bits per heavy atom. The number of rotatable bonds is 5. The fourth-order valence-corrected chi connectivity index (χ4v) is 1.84. The van der Waals surface area contributed by atoms with Gasteiger partial charge in [0.15, 0.2) is 11.5 Å². The highest BCUT2D eigenvalue weighted by Gasteiger charge is 2.25. The van der Waals surface area contributed by atoms with Crippen LogP contribution >= 0.6 is 0 Å². The van der Waals surface area contributed by atoms with Crippen molar-refractivity contribution >= 4 is 11.8 Å². The molecule has 1 atom stereocenters. The topological polar surface area (TPSA) is 104 Å². The summed E-state index contributed by atoms with van der Waals surface area (Å²) < 4.78 is 15.3. The highest BCUT2D eigenvalue weighted by Crippen LogP contribution is 2.28. The van der Waals surface area contributed by atoms with Gasteiger partial charge in [-0.05, 0) is 26.0 Å². The van der Waals surface area contributed by atoms with Crippen LogP contribution in [0.5, 0.6) is 0 Å². The SMILES string of the molecule is COCC(C)NC(=O)c1c(-c2ccc(C)o2)noc1N. The van der Waals surface area contributed by atoms with Gasteiger partial charge in [0.1, 0.15) is 11.3 Å². The molecule has 0 fully saturated rings. The van der Waals surface area contributed by atoms with E-state index in [0.29, 0.717) is 18.1 Å². The molecule has 3 N–H and O–H groups in total. The van der Waals surface area contributed by atoms with Crippen LogP contribution in [0.25, 0.3) is 11.5 Å². The smallest absolute Gasteiger partial charge is 0.259 e. The van der Waals surface area contributed by atoms with Gasteiger partial charge in [-0.25, -0.2) is 0 Å². The first-order valence-electron chi connectivity index (χ1n) is 6.14. The van der Waals surface area contributed by atoms with Crippen molar-refractivity contribution in [1.29, 1.82) is 0 Å². The van der Waals surface area contributed by atoms with Crippen molar-refractivity contribution in [1.82, 2.24) is 10.5 Å². The van der Waals surface area contributed by atoms with Crippen LogP contribution in [0.15, 0.2) is 21.1 Å². The first-order valence-corrected chi connectivity index (χ1v) is 6.14. The molecule has 0 aliphatic heterocycles. The fraction of sp³-hybridized carbons (Fsp3) is 0.385. The largest absolute Gasteiger partial charge is 0.460 e. The Kier molecular flexibility index (Phi) is 4.09. The van der Waals surface area contributed by atoms with Crippen molar-refractivity contribution in [3.8, 4) is 11.5 Å². The number of ether oxygens (including phenoxy) is 1. The minimum absolute atomic E-state index is 0.0452. The lowest BCUT2D eigenvalue weighted by Gasteiger charge is -2.12. The second-order valence-corrected chi connectivity index (χ2v) is 4.51. The summed E-state index contributed by atoms with van der Waals surface area (Å²) in [6.45, 7) is 4.02. The second-order valence-electron chi connectivity index (χ2n) is 4.51. The number of carbonyl (C=O) groups is 1. The standard InChI is InChI=1S/C13H17N3O4/c1-7(6-18-3)15-13(17)10-11(16-20-12(10)14)9-5-4-8(2)19-9/h4-5,7H,6,14H2,1-3H3,(H,15,17). The molecule has 1 amide bonds. The van der Waals surface area contributed by atoms with E-state index in [0.717, 1.165) is 0 Å². The first kappa shape index (κ1) is 14.1. The zero-order valence-electron chi connectivity index (χ0n) is 11.6. The van der Waals surface area contributed by atoms with E-state index in [4.69, 9.17) is 19.4 Å². The number of methoxy groups -OCH3 is 1. The number of hydrogen-bond donors (Lipinski definition) is 2. The van der Waals surface area contributed by atoms with Crippen molar-refractivity contribution in [3.05, 3.63) is 23.5 Å². The molecule has 0 spiro atoms. The number of amides is 1. The van der Waals surface area contributed by atoms with Crippen molar-refractivity contribution in [3.63, 3.8) is 0 Å². The molecule has 20 heavy (non-hydrogen) atoms. The number of anilines is 1. The highest BCUT2D eigenvalue weighted by molar-refractivity contribution is 6.03. The van der Waals surface area contributed by atoms with Gasteiger partial charge in [0.2, 0.25) is 5.88 Å². The zero-order chi connectivity index (χ0) is 14.7. The molecule has 2 aromatic heterocycles. The van der Waals surface area contributed by atoms with Gasteiger partial charge in [-0.2, -0.15) is 0 Å². The van der Waals surface area contributed by atoms with Crippen molar-refractivity contribution in [2.45, 2.75) is 19.9 Å². The van der Waals surface area contributed by atoms with Crippen molar-refractivity contribution in [2.75, 3.05) is 19.5 Å². The lowest BCUT2D eigenvalue weighted by Crippen LogP contribution is -2.36. The van der Waals surface area contributed by atoms with E-state index in [1.165, 1.54) is 0 Å². The summed E-state index contributed by atoms with van der Waals surface area (Å²) in [6, 6.07) is 3.32. The van der Waals surface area contributed by atoms with Gasteiger partial charge < -0.3 is 24.7 Å². The average molecular weight is 279 g/mol. The summed E-state index contributed by atoms with van der Waals surface area (Å²) in [7, 11) is 1.56. The van der Waals surface area contributed by atoms with Crippen LogP contribution in [-0.2, 0) is 4.74 Å². The fourth-order valence-electron chi connectivity index (χ4n) is 1.84. The molecule has 0 aromatic carbocycles. The van der Waals surface area contributed by atoms with E-state index in [1.54, 1.807) is 26.2 Å². The van der Waals surface area contributed by atoms with E-state index in [1.807, 2.05) is 6.92 Å². The quantitative estimate of drug-likeness (QED) is 0.861. The van der Waals surface area contributed by atoms with Crippen LogP contribution in [0.3, 0.4) is 0 Å². The van der Waals surface area contributed by atoms with Crippen LogP contribution in [0.4, 0.5) is 5.88 Å². The lowest BCUT2D eigenvalue weighted by atomic mass is 10.1. The Balaban J connectivity index is 2.27. The van der Waals surface area contributed by atoms with E-state index < -0.39 is 0 Å². The highest BCUT2D eigenvalue weighted by atomic mass is 16.5. The summed E-state index contributed by atoms with van der Waals surface area (Å²) in [5.41, 5.74) is 6.13. The number of carbonyl (C=O) groups excluding carboxylic acids is 1. The van der Waals surface area contributed by atoms with Gasteiger partial charge in [-0.15, -0.1) is 0 Å². The first-order chi connectivity index (χ1) is 9.52. The Bertz CT molecular complexity index is 603. The molecule has 0 saturated heterocycles. The van der Waals surface area contributed by atoms with Gasteiger partial charge in [-0.3, -0.25) is 4.79 Å². The molecule has 0 radical (unpaired) electrons.